The molecule has 1 fully saturated rings. The van der Waals surface area contributed by atoms with E-state index in [1.807, 2.05) is 24.3 Å². The number of carbonyl (C=O) groups is 1. The monoisotopic (exact) mass is 316 g/mol. The topological polar surface area (TPSA) is 50.7 Å². The second-order valence-electron chi connectivity index (χ2n) is 7.35. The number of hydrazone groups is 1. The Hall–Kier alpha value is -1.84. The Morgan fingerprint density at radius 2 is 1.96 bits per heavy atom. The number of hydrogen-bond donors (Lipinski definition) is 1. The van der Waals surface area contributed by atoms with Crippen molar-refractivity contribution in [2.45, 2.75) is 58.8 Å². The molecule has 1 amide bonds. The molecule has 1 aliphatic rings. The molecule has 1 saturated carbocycles. The molecule has 1 N–H and O–H groups in total. The molecule has 1 aliphatic carbocycles. The van der Waals surface area contributed by atoms with Crippen molar-refractivity contribution in [1.29, 1.82) is 0 Å². The zero-order valence-electron chi connectivity index (χ0n) is 14.7. The van der Waals surface area contributed by atoms with Crippen LogP contribution in [0.2, 0.25) is 0 Å². The lowest BCUT2D eigenvalue weighted by atomic mass is 9.87. The smallest absolute Gasteiger partial charge is 0.277 e. The van der Waals surface area contributed by atoms with Crippen LogP contribution >= 0.6 is 0 Å². The summed E-state index contributed by atoms with van der Waals surface area (Å²) in [4.78, 5) is 11.8. The lowest BCUT2D eigenvalue weighted by molar-refractivity contribution is -0.123. The van der Waals surface area contributed by atoms with Crippen LogP contribution in [0.4, 0.5) is 0 Å². The molecule has 0 aromatic heterocycles. The van der Waals surface area contributed by atoms with E-state index in [0.717, 1.165) is 25.0 Å². The highest BCUT2D eigenvalue weighted by atomic mass is 16.5. The molecule has 1 aromatic carbocycles. The Labute approximate surface area is 139 Å². The van der Waals surface area contributed by atoms with Crippen molar-refractivity contribution in [3.05, 3.63) is 29.8 Å². The molecule has 0 radical (unpaired) electrons. The second-order valence-corrected chi connectivity index (χ2v) is 7.35. The van der Waals surface area contributed by atoms with Gasteiger partial charge in [0.2, 0.25) is 0 Å². The standard InChI is InChI=1S/C19H28N2O2/c1-14-7-5-6-8-17(14)20-21-18(22)13-23-16-11-9-15(10-12-16)19(2,3)4/h9-12,14H,5-8,13H2,1-4H3,(H,21,22)/b20-17-/t14-/m1/s1. The number of carbonyl (C=O) groups excluding carboxylic acids is 1. The minimum atomic E-state index is -0.213. The van der Waals surface area contributed by atoms with Gasteiger partial charge in [-0.2, -0.15) is 5.10 Å². The fraction of sp³-hybridized carbons (Fsp3) is 0.579. The fourth-order valence-corrected chi connectivity index (χ4v) is 2.70. The van der Waals surface area contributed by atoms with Crippen molar-refractivity contribution in [2.75, 3.05) is 6.61 Å². The van der Waals surface area contributed by atoms with E-state index in [1.54, 1.807) is 0 Å². The maximum absolute atomic E-state index is 11.8. The van der Waals surface area contributed by atoms with Crippen LogP contribution in [0.3, 0.4) is 0 Å². The molecular weight excluding hydrogens is 288 g/mol. The van der Waals surface area contributed by atoms with E-state index >= 15 is 0 Å². The molecule has 1 aromatic rings. The normalized spacial score (nSPS) is 20.3. The summed E-state index contributed by atoms with van der Waals surface area (Å²) in [5, 5.41) is 4.26. The number of nitrogens with zero attached hydrogens (tertiary/aromatic N) is 1. The molecule has 4 heteroatoms. The van der Waals surface area contributed by atoms with E-state index in [2.05, 4.69) is 38.2 Å². The summed E-state index contributed by atoms with van der Waals surface area (Å²) in [7, 11) is 0. The Balaban J connectivity index is 1.81. The van der Waals surface area contributed by atoms with E-state index in [1.165, 1.54) is 12.0 Å². The summed E-state index contributed by atoms with van der Waals surface area (Å²) in [5.74, 6) is 0.955. The van der Waals surface area contributed by atoms with Crippen molar-refractivity contribution in [2.24, 2.45) is 11.0 Å². The summed E-state index contributed by atoms with van der Waals surface area (Å²) in [6.07, 6.45) is 4.55. The SMILES string of the molecule is C[C@@H]1CCCC/C1=N/NC(=O)COc1ccc(C(C)(C)C)cc1. The average molecular weight is 316 g/mol. The molecule has 4 nitrogen and oxygen atoms in total. The van der Waals surface area contributed by atoms with Gasteiger partial charge in [0.05, 0.1) is 0 Å². The predicted molar refractivity (Wildman–Crippen MR) is 93.8 cm³/mol. The highest BCUT2D eigenvalue weighted by Crippen LogP contribution is 2.24. The van der Waals surface area contributed by atoms with Crippen molar-refractivity contribution in [3.8, 4) is 5.75 Å². The largest absolute Gasteiger partial charge is 0.484 e. The second kappa shape index (κ2) is 7.62. The third-order valence-electron chi connectivity index (χ3n) is 4.30. The quantitative estimate of drug-likeness (QED) is 0.852. The maximum Gasteiger partial charge on any atom is 0.277 e. The molecule has 2 rings (SSSR count). The van der Waals surface area contributed by atoms with Crippen LogP contribution in [0.15, 0.2) is 29.4 Å². The number of hydrogen-bond acceptors (Lipinski definition) is 3. The molecule has 0 spiro atoms. The van der Waals surface area contributed by atoms with Gasteiger partial charge in [0, 0.05) is 5.71 Å². The van der Waals surface area contributed by atoms with Crippen molar-refractivity contribution < 1.29 is 9.53 Å². The van der Waals surface area contributed by atoms with Gasteiger partial charge in [-0.3, -0.25) is 4.79 Å². The van der Waals surface area contributed by atoms with Gasteiger partial charge in [-0.05, 0) is 48.3 Å². The van der Waals surface area contributed by atoms with Crippen LogP contribution < -0.4 is 10.2 Å². The van der Waals surface area contributed by atoms with Gasteiger partial charge >= 0.3 is 0 Å². The number of nitrogens with one attached hydrogen (secondary N) is 1. The maximum atomic E-state index is 11.8. The van der Waals surface area contributed by atoms with Crippen LogP contribution in [0.5, 0.6) is 5.75 Å². The van der Waals surface area contributed by atoms with Gasteiger partial charge < -0.3 is 4.74 Å². The molecule has 126 valence electrons. The van der Waals surface area contributed by atoms with Crippen molar-refractivity contribution >= 4 is 11.6 Å². The fourth-order valence-electron chi connectivity index (χ4n) is 2.70. The molecule has 1 atom stereocenters. The molecule has 0 heterocycles. The molecule has 0 bridgehead atoms. The highest BCUT2D eigenvalue weighted by Gasteiger charge is 2.16. The first-order valence-corrected chi connectivity index (χ1v) is 8.45. The van der Waals surface area contributed by atoms with E-state index in [9.17, 15) is 4.79 Å². The molecular formula is C19H28N2O2. The molecule has 0 aliphatic heterocycles. The van der Waals surface area contributed by atoms with Gasteiger partial charge in [-0.1, -0.05) is 46.2 Å². The third-order valence-corrected chi connectivity index (χ3v) is 4.30. The number of ether oxygens (including phenoxy) is 1. The predicted octanol–water partition coefficient (Wildman–Crippen LogP) is 4.05. The highest BCUT2D eigenvalue weighted by molar-refractivity contribution is 5.88. The van der Waals surface area contributed by atoms with Gasteiger partial charge in [0.15, 0.2) is 6.61 Å². The van der Waals surface area contributed by atoms with E-state index in [0.29, 0.717) is 11.7 Å². The van der Waals surface area contributed by atoms with Gasteiger partial charge in [-0.25, -0.2) is 5.43 Å². The first-order valence-electron chi connectivity index (χ1n) is 8.45. The lowest BCUT2D eigenvalue weighted by Crippen LogP contribution is -2.28. The summed E-state index contributed by atoms with van der Waals surface area (Å²) in [6, 6.07) is 7.89. The Morgan fingerprint density at radius 3 is 2.57 bits per heavy atom. The zero-order chi connectivity index (χ0) is 16.9. The summed E-state index contributed by atoms with van der Waals surface area (Å²) >= 11 is 0. The van der Waals surface area contributed by atoms with Gasteiger partial charge in [0.1, 0.15) is 5.75 Å². The number of amides is 1. The Morgan fingerprint density at radius 1 is 1.26 bits per heavy atom. The Bertz CT molecular complexity index is 556. The average Bonchev–Trinajstić information content (AvgIpc) is 2.51. The Kier molecular flexibility index (Phi) is 5.80. The van der Waals surface area contributed by atoms with Gasteiger partial charge in [0.25, 0.3) is 5.91 Å². The minimum absolute atomic E-state index is 0.0139. The minimum Gasteiger partial charge on any atom is -0.484 e. The first kappa shape index (κ1) is 17.5. The summed E-state index contributed by atoms with van der Waals surface area (Å²) < 4.78 is 5.52. The molecule has 0 saturated heterocycles. The van der Waals surface area contributed by atoms with E-state index in [4.69, 9.17) is 4.74 Å². The third kappa shape index (κ3) is 5.38. The van der Waals surface area contributed by atoms with Crippen molar-refractivity contribution in [3.63, 3.8) is 0 Å². The zero-order valence-corrected chi connectivity index (χ0v) is 14.7. The number of rotatable bonds is 4. The molecule has 0 unspecified atom stereocenters. The van der Waals surface area contributed by atoms with E-state index in [-0.39, 0.29) is 17.9 Å². The van der Waals surface area contributed by atoms with Crippen LogP contribution in [-0.2, 0) is 10.2 Å². The van der Waals surface area contributed by atoms with Gasteiger partial charge in [-0.15, -0.1) is 0 Å². The summed E-state index contributed by atoms with van der Waals surface area (Å²) in [5.41, 5.74) is 5.07. The lowest BCUT2D eigenvalue weighted by Gasteiger charge is -2.20. The van der Waals surface area contributed by atoms with Crippen LogP contribution in [-0.4, -0.2) is 18.2 Å². The van der Waals surface area contributed by atoms with Crippen LogP contribution in [0, 0.1) is 5.92 Å². The van der Waals surface area contributed by atoms with Crippen LogP contribution in [0.25, 0.3) is 0 Å². The number of benzene rings is 1. The molecule has 23 heavy (non-hydrogen) atoms. The first-order chi connectivity index (χ1) is 10.9. The summed E-state index contributed by atoms with van der Waals surface area (Å²) in [6.45, 7) is 8.66. The van der Waals surface area contributed by atoms with E-state index < -0.39 is 0 Å². The van der Waals surface area contributed by atoms with Crippen molar-refractivity contribution in [1.82, 2.24) is 5.43 Å². The van der Waals surface area contributed by atoms with Crippen LogP contribution in [0.1, 0.15) is 58.9 Å².